The van der Waals surface area contributed by atoms with Crippen molar-refractivity contribution in [3.8, 4) is 0 Å². The number of amides is 1. The van der Waals surface area contributed by atoms with Crippen LogP contribution in [0.3, 0.4) is 0 Å². The average Bonchev–Trinajstić information content (AvgIpc) is 3.06. The Kier molecular flexibility index (Phi) is 4.26. The summed E-state index contributed by atoms with van der Waals surface area (Å²) in [4.78, 5) is 14.4. The molecule has 1 aromatic heterocycles. The molecule has 2 bridgehead atoms. The van der Waals surface area contributed by atoms with Crippen molar-refractivity contribution >= 4 is 5.91 Å². The molecule has 6 nitrogen and oxygen atoms in total. The first-order valence-corrected chi connectivity index (χ1v) is 7.83. The Morgan fingerprint density at radius 3 is 2.76 bits per heavy atom. The number of fused-ring (bicyclic) bond motifs is 2. The summed E-state index contributed by atoms with van der Waals surface area (Å²) in [6.45, 7) is 7.62. The highest BCUT2D eigenvalue weighted by Crippen LogP contribution is 2.25. The van der Waals surface area contributed by atoms with Gasteiger partial charge in [-0.15, -0.1) is 0 Å². The fourth-order valence-corrected chi connectivity index (χ4v) is 3.05. The third-order valence-corrected chi connectivity index (χ3v) is 4.20. The maximum absolute atomic E-state index is 12.0. The van der Waals surface area contributed by atoms with Crippen LogP contribution in [0.15, 0.2) is 12.3 Å². The van der Waals surface area contributed by atoms with Gasteiger partial charge in [0.2, 0.25) is 0 Å². The lowest BCUT2D eigenvalue weighted by Crippen LogP contribution is -2.45. The summed E-state index contributed by atoms with van der Waals surface area (Å²) < 4.78 is 7.61. The van der Waals surface area contributed by atoms with Crippen LogP contribution in [-0.2, 0) is 4.74 Å². The Balaban J connectivity index is 1.43. The molecular weight excluding hydrogens is 268 g/mol. The summed E-state index contributed by atoms with van der Waals surface area (Å²) in [6.07, 6.45) is 5.02. The Labute approximate surface area is 125 Å². The van der Waals surface area contributed by atoms with Crippen LogP contribution >= 0.6 is 0 Å². The Morgan fingerprint density at radius 2 is 2.14 bits per heavy atom. The van der Waals surface area contributed by atoms with Crippen molar-refractivity contribution in [2.75, 3.05) is 26.2 Å². The topological polar surface area (TPSA) is 59.4 Å². The standard InChI is InChI=1S/C15H24N4O2/c1-11(2)19-7-5-14(17-19)15(20)16-6-8-18-9-12-3-4-13(10-18)21-12/h5,7,11-13H,3-4,6,8-10H2,1-2H3,(H,16,20). The van der Waals surface area contributed by atoms with Crippen molar-refractivity contribution in [3.63, 3.8) is 0 Å². The second-order valence-electron chi connectivity index (χ2n) is 6.25. The number of nitrogens with one attached hydrogen (secondary N) is 1. The molecule has 0 radical (unpaired) electrons. The third kappa shape index (κ3) is 3.44. The van der Waals surface area contributed by atoms with Gasteiger partial charge in [-0.3, -0.25) is 14.4 Å². The molecular formula is C15H24N4O2. The van der Waals surface area contributed by atoms with Crippen LogP contribution in [0.5, 0.6) is 0 Å². The van der Waals surface area contributed by atoms with E-state index in [1.54, 1.807) is 10.7 Å². The van der Waals surface area contributed by atoms with Gasteiger partial charge in [0.05, 0.1) is 12.2 Å². The first-order chi connectivity index (χ1) is 10.1. The van der Waals surface area contributed by atoms with Crippen molar-refractivity contribution in [2.24, 2.45) is 0 Å². The van der Waals surface area contributed by atoms with E-state index in [1.165, 1.54) is 12.8 Å². The zero-order chi connectivity index (χ0) is 14.8. The number of carbonyl (C=O) groups is 1. The van der Waals surface area contributed by atoms with E-state index in [9.17, 15) is 4.79 Å². The Morgan fingerprint density at radius 1 is 1.43 bits per heavy atom. The number of aromatic nitrogens is 2. The number of ether oxygens (including phenoxy) is 1. The fraction of sp³-hybridized carbons (Fsp3) is 0.733. The zero-order valence-corrected chi connectivity index (χ0v) is 12.8. The van der Waals surface area contributed by atoms with Crippen LogP contribution in [0.2, 0.25) is 0 Å². The quantitative estimate of drug-likeness (QED) is 0.881. The van der Waals surface area contributed by atoms with Gasteiger partial charge in [0.25, 0.3) is 5.91 Å². The summed E-state index contributed by atoms with van der Waals surface area (Å²) >= 11 is 0. The molecule has 2 atom stereocenters. The number of hydrogen-bond acceptors (Lipinski definition) is 4. The van der Waals surface area contributed by atoms with E-state index in [2.05, 4.69) is 15.3 Å². The van der Waals surface area contributed by atoms with Gasteiger partial charge in [-0.25, -0.2) is 0 Å². The molecule has 1 N–H and O–H groups in total. The molecule has 3 rings (SSSR count). The molecule has 0 spiro atoms. The summed E-state index contributed by atoms with van der Waals surface area (Å²) in [6, 6.07) is 2.04. The maximum atomic E-state index is 12.0. The summed E-state index contributed by atoms with van der Waals surface area (Å²) in [7, 11) is 0. The predicted octanol–water partition coefficient (Wildman–Crippen LogP) is 1.06. The number of morpholine rings is 1. The molecule has 1 aromatic rings. The maximum Gasteiger partial charge on any atom is 0.271 e. The second-order valence-corrected chi connectivity index (χ2v) is 6.25. The number of carbonyl (C=O) groups excluding carboxylic acids is 1. The van der Waals surface area contributed by atoms with Crippen LogP contribution in [0.25, 0.3) is 0 Å². The SMILES string of the molecule is CC(C)n1ccc(C(=O)NCCN2CC3CCC(C2)O3)n1. The van der Waals surface area contributed by atoms with E-state index in [4.69, 9.17) is 4.74 Å². The molecule has 2 unspecified atom stereocenters. The Hall–Kier alpha value is -1.40. The molecule has 0 aromatic carbocycles. The highest BCUT2D eigenvalue weighted by atomic mass is 16.5. The summed E-state index contributed by atoms with van der Waals surface area (Å²) in [5, 5.41) is 7.23. The monoisotopic (exact) mass is 292 g/mol. The van der Waals surface area contributed by atoms with Crippen molar-refractivity contribution in [3.05, 3.63) is 18.0 Å². The molecule has 1 amide bonds. The molecule has 2 aliphatic heterocycles. The molecule has 2 aliphatic rings. The van der Waals surface area contributed by atoms with Gasteiger partial charge in [-0.1, -0.05) is 0 Å². The first-order valence-electron chi connectivity index (χ1n) is 7.83. The molecule has 21 heavy (non-hydrogen) atoms. The number of hydrogen-bond donors (Lipinski definition) is 1. The second kappa shape index (κ2) is 6.15. The summed E-state index contributed by atoms with van der Waals surface area (Å²) in [5.41, 5.74) is 0.491. The van der Waals surface area contributed by atoms with Crippen molar-refractivity contribution in [2.45, 2.75) is 44.9 Å². The predicted molar refractivity (Wildman–Crippen MR) is 79.3 cm³/mol. The van der Waals surface area contributed by atoms with Crippen LogP contribution in [0, 0.1) is 0 Å². The minimum atomic E-state index is -0.0920. The smallest absolute Gasteiger partial charge is 0.271 e. The zero-order valence-electron chi connectivity index (χ0n) is 12.8. The number of rotatable bonds is 5. The van der Waals surface area contributed by atoms with Crippen molar-refractivity contribution < 1.29 is 9.53 Å². The highest BCUT2D eigenvalue weighted by Gasteiger charge is 2.33. The molecule has 0 saturated carbocycles. The van der Waals surface area contributed by atoms with Crippen molar-refractivity contribution in [1.29, 1.82) is 0 Å². The molecule has 3 heterocycles. The van der Waals surface area contributed by atoms with Crippen LogP contribution in [0.1, 0.15) is 43.2 Å². The van der Waals surface area contributed by atoms with Gasteiger partial charge >= 0.3 is 0 Å². The lowest BCUT2D eigenvalue weighted by atomic mass is 10.2. The van der Waals surface area contributed by atoms with Gasteiger partial charge in [0, 0.05) is 38.4 Å². The lowest BCUT2D eigenvalue weighted by Gasteiger charge is -2.31. The Bertz CT molecular complexity index is 488. The molecule has 2 saturated heterocycles. The summed E-state index contributed by atoms with van der Waals surface area (Å²) in [5.74, 6) is -0.0920. The number of likely N-dealkylation sites (tertiary alicyclic amines) is 1. The number of nitrogens with zero attached hydrogens (tertiary/aromatic N) is 3. The van der Waals surface area contributed by atoms with E-state index in [1.807, 2.05) is 20.0 Å². The van der Waals surface area contributed by atoms with E-state index in [-0.39, 0.29) is 11.9 Å². The minimum Gasteiger partial charge on any atom is -0.372 e. The van der Waals surface area contributed by atoms with Gasteiger partial charge in [-0.2, -0.15) is 5.10 Å². The largest absolute Gasteiger partial charge is 0.372 e. The van der Waals surface area contributed by atoms with Gasteiger partial charge in [0.1, 0.15) is 5.69 Å². The molecule has 6 heteroatoms. The highest BCUT2D eigenvalue weighted by molar-refractivity contribution is 5.92. The van der Waals surface area contributed by atoms with E-state index in [0.29, 0.717) is 24.4 Å². The minimum absolute atomic E-state index is 0.0920. The van der Waals surface area contributed by atoms with Gasteiger partial charge < -0.3 is 10.1 Å². The normalized spacial score (nSPS) is 25.5. The van der Waals surface area contributed by atoms with Crippen LogP contribution < -0.4 is 5.32 Å². The fourth-order valence-electron chi connectivity index (χ4n) is 3.05. The van der Waals surface area contributed by atoms with Gasteiger partial charge in [0.15, 0.2) is 0 Å². The van der Waals surface area contributed by atoms with Crippen LogP contribution in [0.4, 0.5) is 0 Å². The van der Waals surface area contributed by atoms with E-state index in [0.717, 1.165) is 19.6 Å². The van der Waals surface area contributed by atoms with E-state index < -0.39 is 0 Å². The van der Waals surface area contributed by atoms with Crippen LogP contribution in [-0.4, -0.2) is 59.0 Å². The molecule has 0 aliphatic carbocycles. The molecule has 116 valence electrons. The lowest BCUT2D eigenvalue weighted by molar-refractivity contribution is -0.0375. The van der Waals surface area contributed by atoms with E-state index >= 15 is 0 Å². The third-order valence-electron chi connectivity index (χ3n) is 4.20. The van der Waals surface area contributed by atoms with Crippen molar-refractivity contribution in [1.82, 2.24) is 20.0 Å². The first kappa shape index (κ1) is 14.5. The molecule has 2 fully saturated rings. The van der Waals surface area contributed by atoms with Gasteiger partial charge in [-0.05, 0) is 32.8 Å². The average molecular weight is 292 g/mol.